The van der Waals surface area contributed by atoms with E-state index >= 15 is 0 Å². The molecule has 2 rings (SSSR count). The zero-order chi connectivity index (χ0) is 14.5. The highest BCUT2D eigenvalue weighted by atomic mass is 79.9. The minimum Gasteiger partial charge on any atom is -0.490 e. The van der Waals surface area contributed by atoms with Crippen LogP contribution in [0.2, 0.25) is 0 Å². The summed E-state index contributed by atoms with van der Waals surface area (Å²) in [6.07, 6.45) is 0. The normalized spacial score (nSPS) is 12.2. The molecule has 1 atom stereocenters. The summed E-state index contributed by atoms with van der Waals surface area (Å²) in [7, 11) is 0. The number of thiophene rings is 1. The lowest BCUT2D eigenvalue weighted by Gasteiger charge is -2.15. The second-order valence-corrected chi connectivity index (χ2v) is 6.27. The summed E-state index contributed by atoms with van der Waals surface area (Å²) in [5, 5.41) is 2.12. The van der Waals surface area contributed by atoms with Crippen LogP contribution in [0.3, 0.4) is 0 Å². The van der Waals surface area contributed by atoms with Gasteiger partial charge in [0.25, 0.3) is 0 Å². The molecular formula is C16H19BrO2S. The first kappa shape index (κ1) is 15.4. The molecule has 20 heavy (non-hydrogen) atoms. The Hall–Kier alpha value is -1.00. The maximum Gasteiger partial charge on any atom is 0.161 e. The zero-order valence-corrected chi connectivity index (χ0v) is 14.4. The third kappa shape index (κ3) is 3.36. The lowest BCUT2D eigenvalue weighted by Crippen LogP contribution is -2.00. The first-order chi connectivity index (χ1) is 9.67. The Morgan fingerprint density at radius 2 is 1.80 bits per heavy atom. The van der Waals surface area contributed by atoms with Crippen molar-refractivity contribution in [3.8, 4) is 11.5 Å². The molecule has 108 valence electrons. The van der Waals surface area contributed by atoms with Crippen LogP contribution in [-0.4, -0.2) is 13.2 Å². The van der Waals surface area contributed by atoms with E-state index < -0.39 is 0 Å². The van der Waals surface area contributed by atoms with Crippen LogP contribution in [0.25, 0.3) is 0 Å². The number of benzene rings is 1. The quantitative estimate of drug-likeness (QED) is 0.652. The molecule has 0 radical (unpaired) electrons. The maximum atomic E-state index is 5.69. The van der Waals surface area contributed by atoms with Gasteiger partial charge >= 0.3 is 0 Å². The van der Waals surface area contributed by atoms with Crippen LogP contribution in [0.1, 0.15) is 34.7 Å². The summed E-state index contributed by atoms with van der Waals surface area (Å²) in [5.41, 5.74) is 2.49. The van der Waals surface area contributed by atoms with Crippen LogP contribution < -0.4 is 9.47 Å². The number of hydrogen-bond acceptors (Lipinski definition) is 3. The van der Waals surface area contributed by atoms with Gasteiger partial charge in [0.05, 0.1) is 18.0 Å². The van der Waals surface area contributed by atoms with E-state index in [2.05, 4.69) is 46.4 Å². The molecule has 1 aromatic heterocycles. The number of hydrogen-bond donors (Lipinski definition) is 0. The fourth-order valence-corrected chi connectivity index (χ4v) is 3.92. The molecule has 0 N–H and O–H groups in total. The molecule has 2 nitrogen and oxygen atoms in total. The molecule has 0 amide bonds. The van der Waals surface area contributed by atoms with Crippen LogP contribution in [-0.2, 0) is 0 Å². The van der Waals surface area contributed by atoms with Gasteiger partial charge in [-0.15, -0.1) is 11.3 Å². The van der Waals surface area contributed by atoms with E-state index in [0.717, 1.165) is 11.5 Å². The molecule has 4 heteroatoms. The topological polar surface area (TPSA) is 18.5 Å². The van der Waals surface area contributed by atoms with E-state index in [9.17, 15) is 0 Å². The van der Waals surface area contributed by atoms with Crippen molar-refractivity contribution in [1.82, 2.24) is 0 Å². The van der Waals surface area contributed by atoms with Gasteiger partial charge in [-0.3, -0.25) is 0 Å². The van der Waals surface area contributed by atoms with Gasteiger partial charge < -0.3 is 9.47 Å². The molecule has 0 bridgehead atoms. The predicted octanol–water partition coefficient (Wildman–Crippen LogP) is 5.34. The van der Waals surface area contributed by atoms with Crippen LogP contribution in [0.4, 0.5) is 0 Å². The van der Waals surface area contributed by atoms with E-state index in [-0.39, 0.29) is 4.83 Å². The van der Waals surface area contributed by atoms with Gasteiger partial charge in [-0.2, -0.15) is 0 Å². The molecule has 0 saturated heterocycles. The minimum atomic E-state index is 0.192. The average molecular weight is 355 g/mol. The molecular weight excluding hydrogens is 336 g/mol. The van der Waals surface area contributed by atoms with E-state index in [1.165, 1.54) is 16.0 Å². The van der Waals surface area contributed by atoms with Crippen LogP contribution in [0.15, 0.2) is 29.6 Å². The van der Waals surface area contributed by atoms with Crippen LogP contribution >= 0.6 is 27.3 Å². The Morgan fingerprint density at radius 3 is 2.40 bits per heavy atom. The van der Waals surface area contributed by atoms with Gasteiger partial charge in [-0.25, -0.2) is 0 Å². The monoisotopic (exact) mass is 354 g/mol. The molecule has 1 unspecified atom stereocenters. The zero-order valence-electron chi connectivity index (χ0n) is 12.0. The number of alkyl halides is 1. The van der Waals surface area contributed by atoms with Gasteiger partial charge in [0.1, 0.15) is 0 Å². The minimum absolute atomic E-state index is 0.192. The standard InChI is InChI=1S/C16H19BrO2S/c1-4-18-13-7-6-12(10-14(13)19-5-2)15(17)16-11(3)8-9-20-16/h6-10,15H,4-5H2,1-3H3. The third-order valence-electron chi connectivity index (χ3n) is 2.99. The van der Waals surface area contributed by atoms with Crippen molar-refractivity contribution >= 4 is 27.3 Å². The summed E-state index contributed by atoms with van der Waals surface area (Å²) in [6.45, 7) is 7.37. The summed E-state index contributed by atoms with van der Waals surface area (Å²) in [5.74, 6) is 1.62. The number of aryl methyl sites for hydroxylation is 1. The first-order valence-corrected chi connectivity index (χ1v) is 8.54. The summed E-state index contributed by atoms with van der Waals surface area (Å²) >= 11 is 5.55. The SMILES string of the molecule is CCOc1ccc(C(Br)c2sccc2C)cc1OCC. The molecule has 1 aromatic carbocycles. The molecule has 2 aromatic rings. The van der Waals surface area contributed by atoms with Crippen molar-refractivity contribution in [2.45, 2.75) is 25.6 Å². The first-order valence-electron chi connectivity index (χ1n) is 6.75. The van der Waals surface area contributed by atoms with Gasteiger partial charge in [0.15, 0.2) is 11.5 Å². The Morgan fingerprint density at radius 1 is 1.10 bits per heavy atom. The van der Waals surface area contributed by atoms with Gasteiger partial charge in [-0.1, -0.05) is 22.0 Å². The molecule has 0 aliphatic heterocycles. The largest absolute Gasteiger partial charge is 0.490 e. The van der Waals surface area contributed by atoms with Crippen molar-refractivity contribution in [1.29, 1.82) is 0 Å². The third-order valence-corrected chi connectivity index (χ3v) is 5.37. The number of rotatable bonds is 6. The summed E-state index contributed by atoms with van der Waals surface area (Å²) < 4.78 is 11.3. The Balaban J connectivity index is 2.32. The second kappa shape index (κ2) is 7.14. The highest BCUT2D eigenvalue weighted by molar-refractivity contribution is 9.09. The fourth-order valence-electron chi connectivity index (χ4n) is 2.02. The molecule has 1 heterocycles. The van der Waals surface area contributed by atoms with Gasteiger partial charge in [0, 0.05) is 4.88 Å². The van der Waals surface area contributed by atoms with Gasteiger partial charge in [-0.05, 0) is 55.5 Å². The lowest BCUT2D eigenvalue weighted by molar-refractivity contribution is 0.287. The number of halogens is 1. The average Bonchev–Trinajstić information content (AvgIpc) is 2.86. The molecule has 0 fully saturated rings. The van der Waals surface area contributed by atoms with Crippen molar-refractivity contribution in [3.63, 3.8) is 0 Å². The molecule has 0 aliphatic rings. The summed E-state index contributed by atoms with van der Waals surface area (Å²) in [4.78, 5) is 1.52. The molecule has 0 aliphatic carbocycles. The van der Waals surface area contributed by atoms with Crippen molar-refractivity contribution in [2.75, 3.05) is 13.2 Å². The van der Waals surface area contributed by atoms with Crippen molar-refractivity contribution < 1.29 is 9.47 Å². The smallest absolute Gasteiger partial charge is 0.161 e. The van der Waals surface area contributed by atoms with Crippen molar-refractivity contribution in [3.05, 3.63) is 45.6 Å². The molecule has 0 spiro atoms. The Bertz CT molecular complexity index is 565. The lowest BCUT2D eigenvalue weighted by atomic mass is 10.1. The van der Waals surface area contributed by atoms with Crippen molar-refractivity contribution in [2.24, 2.45) is 0 Å². The number of ether oxygens (including phenoxy) is 2. The van der Waals surface area contributed by atoms with E-state index in [0.29, 0.717) is 13.2 Å². The highest BCUT2D eigenvalue weighted by Crippen LogP contribution is 2.39. The van der Waals surface area contributed by atoms with E-state index in [1.54, 1.807) is 11.3 Å². The summed E-state index contributed by atoms with van der Waals surface area (Å²) in [6, 6.07) is 8.28. The Labute approximate surface area is 132 Å². The molecule has 0 saturated carbocycles. The second-order valence-electron chi connectivity index (χ2n) is 4.40. The maximum absolute atomic E-state index is 5.69. The fraction of sp³-hybridized carbons (Fsp3) is 0.375. The predicted molar refractivity (Wildman–Crippen MR) is 88.6 cm³/mol. The van der Waals surface area contributed by atoms with E-state index in [4.69, 9.17) is 9.47 Å². The Kier molecular flexibility index (Phi) is 5.49. The van der Waals surface area contributed by atoms with Crippen LogP contribution in [0, 0.1) is 6.92 Å². The highest BCUT2D eigenvalue weighted by Gasteiger charge is 2.16. The van der Waals surface area contributed by atoms with E-state index in [1.807, 2.05) is 19.9 Å². The van der Waals surface area contributed by atoms with Crippen LogP contribution in [0.5, 0.6) is 11.5 Å². The van der Waals surface area contributed by atoms with Gasteiger partial charge in [0.2, 0.25) is 0 Å².